The van der Waals surface area contributed by atoms with Crippen molar-refractivity contribution in [2.45, 2.75) is 19.0 Å². The fraction of sp³-hybridized carbons (Fsp3) is 0.235. The molecule has 0 aliphatic carbocycles. The van der Waals surface area contributed by atoms with Crippen LogP contribution in [0.1, 0.15) is 17.5 Å². The zero-order valence-electron chi connectivity index (χ0n) is 14.2. The second kappa shape index (κ2) is 8.39. The molecule has 0 saturated carbocycles. The van der Waals surface area contributed by atoms with Crippen LogP contribution in [0.5, 0.6) is 5.75 Å². The number of alkyl halides is 3. The van der Waals surface area contributed by atoms with Crippen molar-refractivity contribution in [3.05, 3.63) is 63.7 Å². The highest BCUT2D eigenvalue weighted by Gasteiger charge is 2.33. The summed E-state index contributed by atoms with van der Waals surface area (Å²) in [5.74, 6) is 0.208. The average molecular weight is 383 g/mol. The third kappa shape index (κ3) is 5.59. The van der Waals surface area contributed by atoms with Crippen molar-refractivity contribution in [2.24, 2.45) is 0 Å². The molecule has 7 nitrogen and oxygen atoms in total. The number of ether oxygens (including phenoxy) is 1. The van der Waals surface area contributed by atoms with Crippen LogP contribution < -0.4 is 15.6 Å². The monoisotopic (exact) mass is 383 g/mol. The van der Waals surface area contributed by atoms with E-state index in [2.05, 4.69) is 10.9 Å². The summed E-state index contributed by atoms with van der Waals surface area (Å²) in [4.78, 5) is 21.9. The van der Waals surface area contributed by atoms with E-state index in [0.717, 1.165) is 11.6 Å². The second-order valence-corrected chi connectivity index (χ2v) is 5.51. The molecule has 0 unspecified atom stereocenters. The van der Waals surface area contributed by atoms with Crippen LogP contribution in [0, 0.1) is 10.1 Å². The number of hydrogen-bond donors (Lipinski definition) is 2. The smallest absolute Gasteiger partial charge is 0.416 e. The number of carbonyl (C=O) groups is 1. The first-order valence-electron chi connectivity index (χ1n) is 7.74. The highest BCUT2D eigenvalue weighted by molar-refractivity contribution is 5.78. The van der Waals surface area contributed by atoms with Gasteiger partial charge in [0.1, 0.15) is 11.4 Å². The maximum atomic E-state index is 12.7. The molecular weight excluding hydrogens is 367 g/mol. The Bertz CT molecular complexity index is 823. The van der Waals surface area contributed by atoms with Gasteiger partial charge in [0.25, 0.3) is 5.69 Å². The number of anilines is 1. The van der Waals surface area contributed by atoms with Crippen LogP contribution >= 0.6 is 0 Å². The minimum atomic E-state index is -4.70. The number of aryl methyl sites for hydroxylation is 1. The lowest BCUT2D eigenvalue weighted by Gasteiger charge is -2.11. The van der Waals surface area contributed by atoms with Crippen molar-refractivity contribution < 1.29 is 27.6 Å². The third-order valence-corrected chi connectivity index (χ3v) is 3.66. The molecule has 27 heavy (non-hydrogen) atoms. The number of nitrogens with zero attached hydrogens (tertiary/aromatic N) is 1. The fourth-order valence-corrected chi connectivity index (χ4v) is 2.21. The van der Waals surface area contributed by atoms with Crippen molar-refractivity contribution in [2.75, 3.05) is 12.5 Å². The summed E-state index contributed by atoms with van der Waals surface area (Å²) in [7, 11) is 1.54. The summed E-state index contributed by atoms with van der Waals surface area (Å²) in [6, 6.07) is 9.07. The number of rotatable bonds is 7. The van der Waals surface area contributed by atoms with Crippen molar-refractivity contribution >= 4 is 17.3 Å². The van der Waals surface area contributed by atoms with Gasteiger partial charge in [-0.3, -0.25) is 25.8 Å². The summed E-state index contributed by atoms with van der Waals surface area (Å²) in [6.07, 6.45) is -4.22. The number of halogens is 3. The van der Waals surface area contributed by atoms with Gasteiger partial charge >= 0.3 is 6.18 Å². The van der Waals surface area contributed by atoms with Crippen LogP contribution in [0.3, 0.4) is 0 Å². The van der Waals surface area contributed by atoms with E-state index in [1.165, 1.54) is 7.11 Å². The minimum Gasteiger partial charge on any atom is -0.497 e. The van der Waals surface area contributed by atoms with Gasteiger partial charge in [-0.1, -0.05) is 12.1 Å². The van der Waals surface area contributed by atoms with Gasteiger partial charge in [0.05, 0.1) is 17.6 Å². The molecule has 0 bridgehead atoms. The molecule has 2 rings (SSSR count). The van der Waals surface area contributed by atoms with Gasteiger partial charge in [-0.15, -0.1) is 0 Å². The molecular formula is C17H16F3N3O4. The van der Waals surface area contributed by atoms with Crippen LogP contribution in [0.2, 0.25) is 0 Å². The van der Waals surface area contributed by atoms with E-state index in [1.807, 2.05) is 0 Å². The van der Waals surface area contributed by atoms with Crippen molar-refractivity contribution in [1.82, 2.24) is 5.43 Å². The van der Waals surface area contributed by atoms with E-state index >= 15 is 0 Å². The number of benzene rings is 2. The van der Waals surface area contributed by atoms with Gasteiger partial charge in [-0.2, -0.15) is 13.2 Å². The van der Waals surface area contributed by atoms with Crippen LogP contribution in [0.15, 0.2) is 42.5 Å². The van der Waals surface area contributed by atoms with Crippen molar-refractivity contribution in [1.29, 1.82) is 0 Å². The third-order valence-electron chi connectivity index (χ3n) is 3.66. The topological polar surface area (TPSA) is 93.5 Å². The van der Waals surface area contributed by atoms with E-state index in [9.17, 15) is 28.1 Å². The van der Waals surface area contributed by atoms with E-state index in [-0.39, 0.29) is 12.1 Å². The van der Waals surface area contributed by atoms with E-state index in [1.54, 1.807) is 24.3 Å². The lowest BCUT2D eigenvalue weighted by molar-refractivity contribution is -0.384. The Morgan fingerprint density at radius 1 is 1.19 bits per heavy atom. The number of hydrogen-bond acceptors (Lipinski definition) is 5. The van der Waals surface area contributed by atoms with Crippen molar-refractivity contribution in [3.8, 4) is 5.75 Å². The first-order chi connectivity index (χ1) is 12.7. The Kier molecular flexibility index (Phi) is 6.22. The molecule has 0 heterocycles. The summed E-state index contributed by atoms with van der Waals surface area (Å²) in [6.45, 7) is 0. The SMILES string of the molecule is COc1ccc(CCC(=O)NNc2ccc(C(F)(F)F)cc2[N+](=O)[O-])cc1. The van der Waals surface area contributed by atoms with Crippen LogP contribution in [0.4, 0.5) is 24.5 Å². The first kappa shape index (κ1) is 20.0. The molecule has 0 fully saturated rings. The molecule has 0 saturated heterocycles. The Balaban J connectivity index is 1.96. The number of nitrogens with one attached hydrogen (secondary N) is 2. The fourth-order valence-electron chi connectivity index (χ4n) is 2.21. The zero-order chi connectivity index (χ0) is 20.0. The van der Waals surface area contributed by atoms with Gasteiger partial charge in [-0.05, 0) is 36.2 Å². The van der Waals surface area contributed by atoms with E-state index in [4.69, 9.17) is 4.74 Å². The molecule has 10 heteroatoms. The van der Waals surface area contributed by atoms with Gasteiger partial charge in [0.2, 0.25) is 5.91 Å². The van der Waals surface area contributed by atoms with E-state index < -0.39 is 28.3 Å². The highest BCUT2D eigenvalue weighted by Crippen LogP contribution is 2.34. The molecule has 0 spiro atoms. The average Bonchev–Trinajstić information content (AvgIpc) is 2.64. The lowest BCUT2D eigenvalue weighted by Crippen LogP contribution is -2.29. The number of methoxy groups -OCH3 is 1. The molecule has 0 aliphatic rings. The van der Waals surface area contributed by atoms with Crippen molar-refractivity contribution in [3.63, 3.8) is 0 Å². The minimum absolute atomic E-state index is 0.0771. The van der Waals surface area contributed by atoms with Gasteiger partial charge in [-0.25, -0.2) is 0 Å². The molecule has 144 valence electrons. The van der Waals surface area contributed by atoms with Crippen LogP contribution in [0.25, 0.3) is 0 Å². The van der Waals surface area contributed by atoms with Gasteiger partial charge in [0.15, 0.2) is 0 Å². The predicted octanol–water partition coefficient (Wildman–Crippen LogP) is 3.70. The summed E-state index contributed by atoms with van der Waals surface area (Å²) in [5, 5.41) is 11.0. The predicted molar refractivity (Wildman–Crippen MR) is 91.2 cm³/mol. The molecule has 0 aromatic heterocycles. The van der Waals surface area contributed by atoms with Crippen LogP contribution in [-0.2, 0) is 17.4 Å². The summed E-state index contributed by atoms with van der Waals surface area (Å²) in [5.41, 5.74) is 3.24. The molecule has 0 atom stereocenters. The largest absolute Gasteiger partial charge is 0.497 e. The Morgan fingerprint density at radius 3 is 2.41 bits per heavy atom. The number of nitro groups is 1. The molecule has 2 N–H and O–H groups in total. The second-order valence-electron chi connectivity index (χ2n) is 5.51. The number of nitro benzene ring substituents is 1. The quantitative estimate of drug-likeness (QED) is 0.562. The zero-order valence-corrected chi connectivity index (χ0v) is 14.2. The Hall–Kier alpha value is -3.30. The van der Waals surface area contributed by atoms with Gasteiger partial charge < -0.3 is 4.74 Å². The number of carbonyl (C=O) groups excluding carboxylic acids is 1. The Labute approximate surface area is 152 Å². The molecule has 1 amide bonds. The molecule has 0 aliphatic heterocycles. The molecule has 2 aromatic rings. The normalized spacial score (nSPS) is 11.0. The maximum absolute atomic E-state index is 12.7. The summed E-state index contributed by atoms with van der Waals surface area (Å²) >= 11 is 0. The maximum Gasteiger partial charge on any atom is 0.416 e. The van der Waals surface area contributed by atoms with Gasteiger partial charge in [0, 0.05) is 12.5 Å². The van der Waals surface area contributed by atoms with Crippen LogP contribution in [-0.4, -0.2) is 17.9 Å². The Morgan fingerprint density at radius 2 is 1.85 bits per heavy atom. The molecule has 0 radical (unpaired) electrons. The number of amides is 1. The number of hydrazine groups is 1. The lowest BCUT2D eigenvalue weighted by atomic mass is 10.1. The first-order valence-corrected chi connectivity index (χ1v) is 7.74. The summed E-state index contributed by atoms with van der Waals surface area (Å²) < 4.78 is 43.0. The molecule has 2 aromatic carbocycles. The van der Waals surface area contributed by atoms with E-state index in [0.29, 0.717) is 24.3 Å². The standard InChI is InChI=1S/C17H16F3N3O4/c1-27-13-6-2-11(3-7-13)4-9-16(24)22-21-14-8-5-12(17(18,19)20)10-15(14)23(25)26/h2-3,5-8,10,21H,4,9H2,1H3,(H,22,24). The highest BCUT2D eigenvalue weighted by atomic mass is 19.4.